The van der Waals surface area contributed by atoms with Gasteiger partial charge in [-0.2, -0.15) is 0 Å². The smallest absolute Gasteiger partial charge is 0.269 e. The third kappa shape index (κ3) is 3.48. The summed E-state index contributed by atoms with van der Waals surface area (Å²) in [7, 11) is 0. The van der Waals surface area contributed by atoms with Crippen LogP contribution in [0.2, 0.25) is 0 Å². The monoisotopic (exact) mass is 277 g/mol. The number of hydrogen-bond donors (Lipinski definition) is 1. The molecule has 1 unspecified atom stereocenters. The van der Waals surface area contributed by atoms with Crippen LogP contribution in [0.1, 0.15) is 38.7 Å². The molecule has 1 heterocycles. The van der Waals surface area contributed by atoms with E-state index in [0.717, 1.165) is 30.9 Å². The van der Waals surface area contributed by atoms with Gasteiger partial charge in [0, 0.05) is 37.0 Å². The van der Waals surface area contributed by atoms with Crippen molar-refractivity contribution in [1.29, 1.82) is 0 Å². The average molecular weight is 277 g/mol. The van der Waals surface area contributed by atoms with Gasteiger partial charge >= 0.3 is 0 Å². The summed E-state index contributed by atoms with van der Waals surface area (Å²) in [5, 5.41) is 14.2. The lowest BCUT2D eigenvalue weighted by Crippen LogP contribution is -2.36. The number of benzene rings is 1. The first-order chi connectivity index (χ1) is 9.61. The van der Waals surface area contributed by atoms with Crippen LogP contribution in [0.5, 0.6) is 0 Å². The molecule has 1 aromatic carbocycles. The van der Waals surface area contributed by atoms with Gasteiger partial charge in [-0.3, -0.25) is 15.0 Å². The first-order valence-corrected chi connectivity index (χ1v) is 7.37. The van der Waals surface area contributed by atoms with Gasteiger partial charge < -0.3 is 5.32 Å². The molecule has 1 aliphatic rings. The van der Waals surface area contributed by atoms with Crippen LogP contribution in [0.15, 0.2) is 18.2 Å². The van der Waals surface area contributed by atoms with Crippen LogP contribution in [-0.4, -0.2) is 29.0 Å². The number of piperidine rings is 1. The number of likely N-dealkylation sites (tertiary alicyclic amines) is 1. The fourth-order valence-corrected chi connectivity index (χ4v) is 2.80. The number of rotatable bonds is 5. The van der Waals surface area contributed by atoms with Gasteiger partial charge in [0.2, 0.25) is 0 Å². The fourth-order valence-electron chi connectivity index (χ4n) is 2.80. The molecule has 0 bridgehead atoms. The topological polar surface area (TPSA) is 58.4 Å². The van der Waals surface area contributed by atoms with E-state index >= 15 is 0 Å². The molecular formula is C15H23N3O2. The van der Waals surface area contributed by atoms with E-state index < -0.39 is 0 Å². The standard InChI is InChI=1S/C15H23N3O2/c1-3-16-15-8-7-14(18(19)20)10-13(15)11-17-9-5-4-6-12(17)2/h7-8,10,12,16H,3-6,9,11H2,1-2H3. The molecule has 5 nitrogen and oxygen atoms in total. The average Bonchev–Trinajstić information content (AvgIpc) is 2.43. The zero-order valence-corrected chi connectivity index (χ0v) is 12.3. The van der Waals surface area contributed by atoms with Crippen LogP contribution in [0.3, 0.4) is 0 Å². The number of nitro groups is 1. The number of nitrogens with zero attached hydrogens (tertiary/aromatic N) is 2. The van der Waals surface area contributed by atoms with Crippen molar-refractivity contribution in [1.82, 2.24) is 4.90 Å². The van der Waals surface area contributed by atoms with Crippen molar-refractivity contribution in [3.8, 4) is 0 Å². The summed E-state index contributed by atoms with van der Waals surface area (Å²) in [6, 6.07) is 5.66. The van der Waals surface area contributed by atoms with Gasteiger partial charge in [-0.25, -0.2) is 0 Å². The lowest BCUT2D eigenvalue weighted by molar-refractivity contribution is -0.384. The van der Waals surface area contributed by atoms with Gasteiger partial charge in [-0.15, -0.1) is 0 Å². The Kier molecular flexibility index (Phi) is 4.95. The molecular weight excluding hydrogens is 254 g/mol. The summed E-state index contributed by atoms with van der Waals surface area (Å²) >= 11 is 0. The normalized spacial score (nSPS) is 19.8. The third-order valence-electron chi connectivity index (χ3n) is 3.98. The van der Waals surface area contributed by atoms with E-state index in [-0.39, 0.29) is 10.6 Å². The molecule has 20 heavy (non-hydrogen) atoms. The van der Waals surface area contributed by atoms with Gasteiger partial charge in [0.25, 0.3) is 5.69 Å². The molecule has 1 aliphatic heterocycles. The van der Waals surface area contributed by atoms with Gasteiger partial charge in [-0.1, -0.05) is 6.42 Å². The molecule has 0 amide bonds. The van der Waals surface area contributed by atoms with Gasteiger partial charge in [0.1, 0.15) is 0 Å². The number of nitro benzene ring substituents is 1. The van der Waals surface area contributed by atoms with E-state index in [9.17, 15) is 10.1 Å². The molecule has 0 aliphatic carbocycles. The van der Waals surface area contributed by atoms with Gasteiger partial charge in [0.15, 0.2) is 0 Å². The molecule has 1 atom stereocenters. The molecule has 0 saturated carbocycles. The summed E-state index contributed by atoms with van der Waals surface area (Å²) < 4.78 is 0. The van der Waals surface area contributed by atoms with E-state index in [2.05, 4.69) is 17.1 Å². The van der Waals surface area contributed by atoms with Crippen LogP contribution in [-0.2, 0) is 6.54 Å². The first-order valence-electron chi connectivity index (χ1n) is 7.37. The fraction of sp³-hybridized carbons (Fsp3) is 0.600. The Morgan fingerprint density at radius 1 is 1.45 bits per heavy atom. The molecule has 0 aromatic heterocycles. The second-order valence-electron chi connectivity index (χ2n) is 5.44. The number of anilines is 1. The van der Waals surface area contributed by atoms with E-state index in [0.29, 0.717) is 6.04 Å². The van der Waals surface area contributed by atoms with Gasteiger partial charge in [-0.05, 0) is 44.9 Å². The predicted octanol–water partition coefficient (Wildman–Crippen LogP) is 3.40. The van der Waals surface area contributed by atoms with Crippen LogP contribution in [0.4, 0.5) is 11.4 Å². The van der Waals surface area contributed by atoms with E-state index in [1.54, 1.807) is 12.1 Å². The molecule has 5 heteroatoms. The highest BCUT2D eigenvalue weighted by atomic mass is 16.6. The van der Waals surface area contributed by atoms with Crippen molar-refractivity contribution in [2.45, 2.75) is 45.7 Å². The van der Waals surface area contributed by atoms with Crippen molar-refractivity contribution in [2.24, 2.45) is 0 Å². The minimum Gasteiger partial charge on any atom is -0.385 e. The zero-order chi connectivity index (χ0) is 14.5. The Morgan fingerprint density at radius 2 is 2.25 bits per heavy atom. The third-order valence-corrected chi connectivity index (χ3v) is 3.98. The van der Waals surface area contributed by atoms with Crippen molar-refractivity contribution in [3.05, 3.63) is 33.9 Å². The Hall–Kier alpha value is -1.62. The second-order valence-corrected chi connectivity index (χ2v) is 5.44. The highest BCUT2D eigenvalue weighted by molar-refractivity contribution is 5.56. The number of nitrogens with one attached hydrogen (secondary N) is 1. The maximum Gasteiger partial charge on any atom is 0.269 e. The lowest BCUT2D eigenvalue weighted by atomic mass is 10.0. The summed E-state index contributed by atoms with van der Waals surface area (Å²) in [5.41, 5.74) is 2.21. The van der Waals surface area contributed by atoms with Crippen molar-refractivity contribution in [3.63, 3.8) is 0 Å². The zero-order valence-electron chi connectivity index (χ0n) is 12.3. The number of non-ortho nitro benzene ring substituents is 1. The van der Waals surface area contributed by atoms with Crippen LogP contribution >= 0.6 is 0 Å². The largest absolute Gasteiger partial charge is 0.385 e. The van der Waals surface area contributed by atoms with Crippen LogP contribution in [0.25, 0.3) is 0 Å². The Morgan fingerprint density at radius 3 is 2.90 bits per heavy atom. The minimum absolute atomic E-state index is 0.173. The molecule has 1 aromatic rings. The van der Waals surface area contributed by atoms with Crippen LogP contribution in [0, 0.1) is 10.1 Å². The van der Waals surface area contributed by atoms with Crippen molar-refractivity contribution in [2.75, 3.05) is 18.4 Å². The first kappa shape index (κ1) is 14.8. The molecule has 1 fully saturated rings. The molecule has 2 rings (SSSR count). The molecule has 0 spiro atoms. The van der Waals surface area contributed by atoms with Crippen molar-refractivity contribution < 1.29 is 4.92 Å². The minimum atomic E-state index is -0.321. The second kappa shape index (κ2) is 6.70. The summed E-state index contributed by atoms with van der Waals surface area (Å²) in [6.45, 7) is 6.96. The SMILES string of the molecule is CCNc1ccc([N+](=O)[O-])cc1CN1CCCCC1C. The van der Waals surface area contributed by atoms with Crippen LogP contribution < -0.4 is 5.32 Å². The van der Waals surface area contributed by atoms with E-state index in [1.807, 2.05) is 13.0 Å². The van der Waals surface area contributed by atoms with Gasteiger partial charge in [0.05, 0.1) is 4.92 Å². The lowest BCUT2D eigenvalue weighted by Gasteiger charge is -2.33. The van der Waals surface area contributed by atoms with E-state index in [1.165, 1.54) is 19.3 Å². The van der Waals surface area contributed by atoms with Crippen molar-refractivity contribution >= 4 is 11.4 Å². The summed E-state index contributed by atoms with van der Waals surface area (Å²) in [6.07, 6.45) is 3.72. The Bertz CT molecular complexity index is 476. The molecule has 1 N–H and O–H groups in total. The molecule has 0 radical (unpaired) electrons. The maximum atomic E-state index is 11.0. The van der Waals surface area contributed by atoms with E-state index in [4.69, 9.17) is 0 Å². The highest BCUT2D eigenvalue weighted by Crippen LogP contribution is 2.26. The molecule has 110 valence electrons. The predicted molar refractivity (Wildman–Crippen MR) is 81.0 cm³/mol. The summed E-state index contributed by atoms with van der Waals surface area (Å²) in [5.74, 6) is 0. The molecule has 1 saturated heterocycles. The Labute approximate surface area is 120 Å². The number of hydrogen-bond acceptors (Lipinski definition) is 4. The highest BCUT2D eigenvalue weighted by Gasteiger charge is 2.20. The maximum absolute atomic E-state index is 11.0. The summed E-state index contributed by atoms with van der Waals surface area (Å²) in [4.78, 5) is 13.0. The quantitative estimate of drug-likeness (QED) is 0.662. The Balaban J connectivity index is 2.22.